The number of nitrogens with zero attached hydrogens (tertiary/aromatic N) is 10. The first-order valence-corrected chi connectivity index (χ1v) is 12.9. The van der Waals surface area contributed by atoms with Crippen LogP contribution in [0.1, 0.15) is 44.9 Å². The molecular formula is C24H38N10NiO6-2. The summed E-state index contributed by atoms with van der Waals surface area (Å²) in [6, 6.07) is 5.09. The van der Waals surface area contributed by atoms with E-state index in [1.165, 1.54) is 57.6 Å². The van der Waals surface area contributed by atoms with E-state index in [0.717, 1.165) is 19.6 Å². The van der Waals surface area contributed by atoms with E-state index in [1.807, 2.05) is 18.2 Å². The molecule has 0 aromatic heterocycles. The Labute approximate surface area is 249 Å². The van der Waals surface area contributed by atoms with Crippen LogP contribution in [0.25, 0.3) is 21.5 Å². The van der Waals surface area contributed by atoms with Crippen LogP contribution >= 0.6 is 0 Å². The summed E-state index contributed by atoms with van der Waals surface area (Å²) in [5.41, 5.74) is 7.85. The quantitative estimate of drug-likeness (QED) is 0.122. The zero-order valence-electron chi connectivity index (χ0n) is 23.2. The second kappa shape index (κ2) is 22.9. The van der Waals surface area contributed by atoms with Gasteiger partial charge in [0.25, 0.3) is 5.69 Å². The van der Waals surface area contributed by atoms with Gasteiger partial charge in [-0.05, 0) is 35.4 Å². The van der Waals surface area contributed by atoms with E-state index in [2.05, 4.69) is 31.9 Å². The van der Waals surface area contributed by atoms with Gasteiger partial charge in [-0.2, -0.15) is 11.6 Å². The molecule has 2 N–H and O–H groups in total. The van der Waals surface area contributed by atoms with Gasteiger partial charge in [-0.25, -0.2) is 0 Å². The third-order valence-corrected chi connectivity index (χ3v) is 5.44. The summed E-state index contributed by atoms with van der Waals surface area (Å²) in [6.07, 6.45) is 14.2. The number of rotatable bonds is 6. The zero-order valence-corrected chi connectivity index (χ0v) is 24.1. The number of nitro groups is 2. The molecule has 0 amide bonds. The van der Waals surface area contributed by atoms with Gasteiger partial charge in [0.05, 0.1) is 30.7 Å². The molecule has 17 heteroatoms. The molecule has 2 fully saturated rings. The molecule has 0 spiro atoms. The molecule has 0 bridgehead atoms. The Morgan fingerprint density at radius 2 is 1.51 bits per heavy atom. The van der Waals surface area contributed by atoms with E-state index >= 15 is 0 Å². The first kappa shape index (κ1) is 37.2. The molecule has 2 heterocycles. The average molecular weight is 621 g/mol. The maximum absolute atomic E-state index is 10.4. The van der Waals surface area contributed by atoms with Crippen LogP contribution < -0.4 is 0 Å². The molecule has 1 aromatic rings. The summed E-state index contributed by atoms with van der Waals surface area (Å²) in [5, 5.41) is 52.9. The molecule has 4 rings (SSSR count). The van der Waals surface area contributed by atoms with Gasteiger partial charge >= 0.3 is 0 Å². The summed E-state index contributed by atoms with van der Waals surface area (Å²) in [6.45, 7) is 3.11. The fourth-order valence-corrected chi connectivity index (χ4v) is 3.40. The molecule has 0 unspecified atom stereocenters. The first-order valence-electron chi connectivity index (χ1n) is 12.9. The molecule has 0 atom stereocenters. The monoisotopic (exact) mass is 620 g/mol. The summed E-state index contributed by atoms with van der Waals surface area (Å²) in [5.74, 6) is 0. The van der Waals surface area contributed by atoms with Crippen LogP contribution in [0.15, 0.2) is 59.1 Å². The Balaban J connectivity index is 0.000000552. The van der Waals surface area contributed by atoms with Crippen molar-refractivity contribution in [2.45, 2.75) is 57.0 Å². The predicted molar refractivity (Wildman–Crippen MR) is 147 cm³/mol. The van der Waals surface area contributed by atoms with Crippen molar-refractivity contribution in [1.29, 1.82) is 0 Å². The molecule has 3 aliphatic rings. The van der Waals surface area contributed by atoms with Gasteiger partial charge in [-0.1, -0.05) is 31.4 Å². The van der Waals surface area contributed by atoms with Crippen LogP contribution in [0, 0.1) is 20.2 Å². The average Bonchev–Trinajstić information content (AvgIpc) is 2.98. The number of nitro benzene ring substituents is 1. The SMILES string of the molecule is C1=CC[N-]C=C1.C1CC[N-]CC1.C[N+](O)=N[N-]C1CCC([N+](=O)[O-])CC1.C[N+](O)=N[N-]c1ccc([N+](=O)[O-])cc1.[Ni]. The molecule has 1 saturated heterocycles. The van der Waals surface area contributed by atoms with Gasteiger partial charge in [0, 0.05) is 46.4 Å². The minimum absolute atomic E-state index is 0. The Morgan fingerprint density at radius 3 is 1.85 bits per heavy atom. The van der Waals surface area contributed by atoms with E-state index in [4.69, 9.17) is 10.4 Å². The van der Waals surface area contributed by atoms with Crippen molar-refractivity contribution in [2.24, 2.45) is 10.4 Å². The Morgan fingerprint density at radius 1 is 0.902 bits per heavy atom. The number of hydrogen-bond acceptors (Lipinski definition) is 6. The molecule has 1 aromatic carbocycles. The van der Waals surface area contributed by atoms with Crippen LogP contribution in [-0.4, -0.2) is 75.8 Å². The van der Waals surface area contributed by atoms with Crippen molar-refractivity contribution in [2.75, 3.05) is 33.7 Å². The zero-order chi connectivity index (χ0) is 29.6. The standard InChI is InChI=1S/C7H14N4O3.C7H8N4O3.C5H10N.C5H6N.Ni/c2*1-10(12)9-8-6-2-4-7(5-3-6)11(13)14;2*1-2-4-6-5-3-1;/h6-7,12H,2-5H2,1H3;2-5,12H,1H3;1-5H2;1-4H,5H2;/q;;2*-1;. The smallest absolute Gasteiger partial charge is 0.269 e. The number of piperidine rings is 1. The topological polar surface area (TPSA) is 214 Å². The first-order chi connectivity index (χ1) is 19.2. The molecule has 1 saturated carbocycles. The molecule has 232 valence electrons. The minimum atomic E-state index is -0.501. The van der Waals surface area contributed by atoms with Crippen molar-refractivity contribution in [3.05, 3.63) is 90.4 Å². The Hall–Kier alpha value is -3.85. The van der Waals surface area contributed by atoms with Crippen molar-refractivity contribution < 1.29 is 46.5 Å². The molecular weight excluding hydrogens is 583 g/mol. The fraction of sp³-hybridized carbons (Fsp3) is 0.583. The van der Waals surface area contributed by atoms with Crippen molar-refractivity contribution in [1.82, 2.24) is 0 Å². The van der Waals surface area contributed by atoms with Crippen LogP contribution in [0.2, 0.25) is 0 Å². The number of hydroxylamine groups is 2. The van der Waals surface area contributed by atoms with Crippen LogP contribution in [0.4, 0.5) is 11.4 Å². The molecule has 1 aliphatic carbocycles. The maximum atomic E-state index is 10.4. The van der Waals surface area contributed by atoms with Crippen molar-refractivity contribution >= 4 is 11.4 Å². The second-order valence-corrected chi connectivity index (χ2v) is 8.76. The molecule has 41 heavy (non-hydrogen) atoms. The van der Waals surface area contributed by atoms with Crippen LogP contribution in [0.5, 0.6) is 0 Å². The maximum Gasteiger partial charge on any atom is 0.269 e. The van der Waals surface area contributed by atoms with E-state index in [-0.39, 0.29) is 33.1 Å². The van der Waals surface area contributed by atoms with Crippen LogP contribution in [0.3, 0.4) is 0 Å². The number of allylic oxidation sites excluding steroid dienone is 2. The number of non-ortho nitro benzene ring substituents is 1. The summed E-state index contributed by atoms with van der Waals surface area (Å²) < 4.78 is 0. The van der Waals surface area contributed by atoms with Gasteiger partial charge in [-0.15, -0.1) is 40.9 Å². The van der Waals surface area contributed by atoms with Gasteiger partial charge in [0.2, 0.25) is 6.04 Å². The largest absolute Gasteiger partial charge is 0.687 e. The Bertz CT molecular complexity index is 964. The number of benzene rings is 1. The van der Waals surface area contributed by atoms with Gasteiger partial charge < -0.3 is 21.0 Å². The molecule has 16 nitrogen and oxygen atoms in total. The van der Waals surface area contributed by atoms with E-state index in [9.17, 15) is 20.2 Å². The van der Waals surface area contributed by atoms with Gasteiger partial charge in [0.15, 0.2) is 0 Å². The fourth-order valence-electron chi connectivity index (χ4n) is 3.40. The third kappa shape index (κ3) is 19.8. The number of hydrogen-bond donors (Lipinski definition) is 2. The Kier molecular flexibility index (Phi) is 20.8. The third-order valence-electron chi connectivity index (χ3n) is 5.44. The van der Waals surface area contributed by atoms with E-state index < -0.39 is 11.0 Å². The van der Waals surface area contributed by atoms with E-state index in [1.54, 1.807) is 6.20 Å². The summed E-state index contributed by atoms with van der Waals surface area (Å²) >= 11 is 0. The second-order valence-electron chi connectivity index (χ2n) is 8.76. The van der Waals surface area contributed by atoms with Crippen molar-refractivity contribution in [3.63, 3.8) is 0 Å². The summed E-state index contributed by atoms with van der Waals surface area (Å²) in [4.78, 5) is 21.2. The molecule has 0 radical (unpaired) electrons. The van der Waals surface area contributed by atoms with Crippen molar-refractivity contribution in [3.8, 4) is 0 Å². The normalized spacial score (nSPS) is 19.6. The molecule has 2 aliphatic heterocycles. The van der Waals surface area contributed by atoms with Crippen LogP contribution in [-0.2, 0) is 16.5 Å². The summed E-state index contributed by atoms with van der Waals surface area (Å²) in [7, 11) is 2.67. The van der Waals surface area contributed by atoms with Gasteiger partial charge in [-0.3, -0.25) is 20.2 Å². The van der Waals surface area contributed by atoms with E-state index in [0.29, 0.717) is 41.1 Å². The van der Waals surface area contributed by atoms with Gasteiger partial charge in [0.1, 0.15) is 0 Å². The predicted octanol–water partition coefficient (Wildman–Crippen LogP) is 6.33. The minimum Gasteiger partial charge on any atom is -0.687 e.